The first-order chi connectivity index (χ1) is 18.1. The average molecular weight is 591 g/mol. The lowest BCUT2D eigenvalue weighted by atomic mass is 10.1. The number of carbonyl (C=O) groups is 1. The van der Waals surface area contributed by atoms with Crippen LogP contribution in [0.15, 0.2) is 27.5 Å². The van der Waals surface area contributed by atoms with E-state index >= 15 is 4.39 Å². The molecule has 2 aliphatic rings. The summed E-state index contributed by atoms with van der Waals surface area (Å²) in [5, 5.41) is 4.30. The summed E-state index contributed by atoms with van der Waals surface area (Å²) >= 11 is 3.39. The molecule has 0 N–H and O–H groups in total. The van der Waals surface area contributed by atoms with Gasteiger partial charge < -0.3 is 28.7 Å². The van der Waals surface area contributed by atoms with Crippen LogP contribution in [0.25, 0.3) is 22.0 Å². The van der Waals surface area contributed by atoms with Gasteiger partial charge >= 0.3 is 12.1 Å². The number of hydrogen-bond acceptors (Lipinski definition) is 9. The monoisotopic (exact) mass is 590 g/mol. The van der Waals surface area contributed by atoms with Crippen LogP contribution in [0.3, 0.4) is 0 Å². The van der Waals surface area contributed by atoms with E-state index in [-0.39, 0.29) is 28.1 Å². The molecule has 204 valence electrons. The summed E-state index contributed by atoms with van der Waals surface area (Å²) in [6, 6.07) is 2.23. The summed E-state index contributed by atoms with van der Waals surface area (Å²) in [6.45, 7) is 8.87. The van der Waals surface area contributed by atoms with Crippen molar-refractivity contribution in [3.63, 3.8) is 0 Å². The number of anilines is 1. The highest BCUT2D eigenvalue weighted by Gasteiger charge is 2.29. The number of benzene rings is 1. The number of amides is 1. The molecule has 0 spiro atoms. The molecule has 1 atom stereocenters. The van der Waals surface area contributed by atoms with E-state index in [9.17, 15) is 4.79 Å². The van der Waals surface area contributed by atoms with Crippen molar-refractivity contribution in [1.82, 2.24) is 24.9 Å². The normalized spacial score (nSPS) is 18.8. The van der Waals surface area contributed by atoms with Gasteiger partial charge in [-0.25, -0.2) is 9.18 Å². The Morgan fingerprint density at radius 1 is 1.21 bits per heavy atom. The van der Waals surface area contributed by atoms with E-state index in [1.165, 1.54) is 12.5 Å². The number of aromatic nitrogens is 3. The Morgan fingerprint density at radius 2 is 1.97 bits per heavy atom. The van der Waals surface area contributed by atoms with Gasteiger partial charge in [-0.2, -0.15) is 9.97 Å². The Kier molecular flexibility index (Phi) is 7.45. The summed E-state index contributed by atoms with van der Waals surface area (Å²) in [7, 11) is 2.07. The van der Waals surface area contributed by atoms with Crippen LogP contribution in [0.5, 0.6) is 6.01 Å². The van der Waals surface area contributed by atoms with Gasteiger partial charge in [0.15, 0.2) is 5.82 Å². The van der Waals surface area contributed by atoms with Crippen molar-refractivity contribution in [2.24, 2.45) is 0 Å². The Labute approximate surface area is 229 Å². The van der Waals surface area contributed by atoms with Crippen molar-refractivity contribution in [3.8, 4) is 17.1 Å². The molecule has 4 heterocycles. The third-order valence-electron chi connectivity index (χ3n) is 6.88. The van der Waals surface area contributed by atoms with E-state index in [0.717, 1.165) is 19.4 Å². The predicted octanol–water partition coefficient (Wildman–Crippen LogP) is 4.72. The molecule has 2 aliphatic heterocycles. The molecule has 2 saturated heterocycles. The largest absolute Gasteiger partial charge is 0.462 e. The summed E-state index contributed by atoms with van der Waals surface area (Å²) in [4.78, 5) is 27.8. The van der Waals surface area contributed by atoms with Gasteiger partial charge in [0.05, 0.1) is 10.7 Å². The van der Waals surface area contributed by atoms with E-state index in [4.69, 9.17) is 19.0 Å². The van der Waals surface area contributed by atoms with Crippen molar-refractivity contribution in [2.45, 2.75) is 45.3 Å². The number of ether oxygens (including phenoxy) is 2. The second-order valence-corrected chi connectivity index (χ2v) is 11.5. The zero-order chi connectivity index (χ0) is 27.0. The predicted molar refractivity (Wildman–Crippen MR) is 144 cm³/mol. The molecule has 3 aromatic rings. The number of carbonyl (C=O) groups excluding carboxylic acids is 1. The first-order valence-corrected chi connectivity index (χ1v) is 13.6. The molecule has 1 amide bonds. The van der Waals surface area contributed by atoms with Crippen LogP contribution in [0.2, 0.25) is 0 Å². The van der Waals surface area contributed by atoms with Crippen LogP contribution >= 0.6 is 15.9 Å². The minimum atomic E-state index is -0.569. The molecule has 5 rings (SSSR count). The van der Waals surface area contributed by atoms with Gasteiger partial charge in [0.2, 0.25) is 0 Å². The fourth-order valence-corrected chi connectivity index (χ4v) is 5.34. The molecule has 1 aromatic carbocycles. The topological polar surface area (TPSA) is 97.1 Å². The average Bonchev–Trinajstić information content (AvgIpc) is 3.56. The molecular formula is C26H32BrFN6O4. The lowest BCUT2D eigenvalue weighted by Crippen LogP contribution is -2.50. The van der Waals surface area contributed by atoms with E-state index in [2.05, 4.69) is 38.0 Å². The van der Waals surface area contributed by atoms with E-state index in [1.807, 2.05) is 31.7 Å². The number of likely N-dealkylation sites (N-methyl/N-ethyl adjacent to an activating group) is 1. The van der Waals surface area contributed by atoms with E-state index < -0.39 is 11.4 Å². The molecule has 12 heteroatoms. The zero-order valence-corrected chi connectivity index (χ0v) is 23.6. The molecule has 2 aromatic heterocycles. The van der Waals surface area contributed by atoms with Crippen molar-refractivity contribution in [3.05, 3.63) is 28.8 Å². The van der Waals surface area contributed by atoms with Gasteiger partial charge in [-0.15, -0.1) is 0 Å². The molecular weight excluding hydrogens is 559 g/mol. The number of nitrogens with zero attached hydrogens (tertiary/aromatic N) is 6. The zero-order valence-electron chi connectivity index (χ0n) is 22.0. The maximum atomic E-state index is 15.8. The van der Waals surface area contributed by atoms with Crippen LogP contribution < -0.4 is 9.64 Å². The van der Waals surface area contributed by atoms with Crippen LogP contribution in [0.1, 0.15) is 33.6 Å². The van der Waals surface area contributed by atoms with Crippen LogP contribution in [0, 0.1) is 5.82 Å². The van der Waals surface area contributed by atoms with Crippen molar-refractivity contribution >= 4 is 38.7 Å². The minimum absolute atomic E-state index is 0.130. The Bertz CT molecular complexity index is 1310. The summed E-state index contributed by atoms with van der Waals surface area (Å²) < 4.78 is 32.6. The maximum Gasteiger partial charge on any atom is 0.410 e. The maximum absolute atomic E-state index is 15.8. The van der Waals surface area contributed by atoms with Gasteiger partial charge in [-0.1, -0.05) is 5.16 Å². The number of fused-ring (bicyclic) bond motifs is 1. The number of piperazine rings is 1. The van der Waals surface area contributed by atoms with Gasteiger partial charge in [0.1, 0.15) is 29.8 Å². The van der Waals surface area contributed by atoms with Gasteiger partial charge in [-0.3, -0.25) is 0 Å². The molecule has 0 aliphatic carbocycles. The second kappa shape index (κ2) is 10.6. The van der Waals surface area contributed by atoms with Gasteiger partial charge in [-0.05, 0) is 69.2 Å². The summed E-state index contributed by atoms with van der Waals surface area (Å²) in [5.41, 5.74) is 0.795. The third kappa shape index (κ3) is 5.56. The van der Waals surface area contributed by atoms with Crippen molar-refractivity contribution in [1.29, 1.82) is 0 Å². The van der Waals surface area contributed by atoms with Gasteiger partial charge in [0.25, 0.3) is 0 Å². The van der Waals surface area contributed by atoms with E-state index in [1.54, 1.807) is 4.90 Å². The van der Waals surface area contributed by atoms with Crippen LogP contribution in [0.4, 0.5) is 15.0 Å². The smallest absolute Gasteiger partial charge is 0.410 e. The fourth-order valence-electron chi connectivity index (χ4n) is 4.81. The highest BCUT2D eigenvalue weighted by molar-refractivity contribution is 9.10. The highest BCUT2D eigenvalue weighted by Crippen LogP contribution is 2.38. The number of halogens is 2. The van der Waals surface area contributed by atoms with E-state index in [0.29, 0.717) is 55.1 Å². The minimum Gasteiger partial charge on any atom is -0.462 e. The summed E-state index contributed by atoms with van der Waals surface area (Å²) in [6.07, 6.45) is 4.79. The number of rotatable bonds is 5. The SMILES string of the molecule is CN1CCC[C@H]1COc1nc(N2CCN(C(=O)OC(C)(C)C)CC2)c2cc(-c3cnoc3)c(Br)c(F)c2n1. The Balaban J connectivity index is 1.48. The quantitative estimate of drug-likeness (QED) is 0.418. The Morgan fingerprint density at radius 3 is 2.61 bits per heavy atom. The van der Waals surface area contributed by atoms with Crippen molar-refractivity contribution < 1.29 is 23.2 Å². The standard InChI is InChI=1S/C26H32BrFN6O4/c1-26(2,3)38-25(35)34-10-8-33(9-11-34)23-19-12-18(16-13-29-37-14-16)20(27)21(28)22(19)30-24(31-23)36-15-17-6-5-7-32(17)4/h12-14,17H,5-11,15H2,1-4H3/t17-/m0/s1. The third-order valence-corrected chi connectivity index (χ3v) is 7.66. The number of likely N-dealkylation sites (tertiary alicyclic amines) is 1. The summed E-state index contributed by atoms with van der Waals surface area (Å²) in [5.74, 6) is 0.0373. The second-order valence-electron chi connectivity index (χ2n) is 10.7. The lowest BCUT2D eigenvalue weighted by molar-refractivity contribution is 0.0240. The molecule has 0 unspecified atom stereocenters. The first-order valence-electron chi connectivity index (χ1n) is 12.8. The molecule has 38 heavy (non-hydrogen) atoms. The first kappa shape index (κ1) is 26.6. The molecule has 0 radical (unpaired) electrons. The molecule has 2 fully saturated rings. The number of hydrogen-bond donors (Lipinski definition) is 0. The van der Waals surface area contributed by atoms with Crippen LogP contribution in [-0.4, -0.2) is 89.0 Å². The van der Waals surface area contributed by atoms with Crippen molar-refractivity contribution in [2.75, 3.05) is 51.3 Å². The molecule has 0 saturated carbocycles. The molecule has 0 bridgehead atoms. The van der Waals surface area contributed by atoms with Crippen LogP contribution in [-0.2, 0) is 4.74 Å². The fraction of sp³-hybridized carbons (Fsp3) is 0.538. The molecule has 10 nitrogen and oxygen atoms in total. The van der Waals surface area contributed by atoms with Gasteiger partial charge in [0, 0.05) is 48.7 Å². The lowest BCUT2D eigenvalue weighted by Gasteiger charge is -2.36. The Hall–Kier alpha value is -2.99. The highest BCUT2D eigenvalue weighted by atomic mass is 79.9.